The highest BCUT2D eigenvalue weighted by Gasteiger charge is 2.27. The monoisotopic (exact) mass is 442 g/mol. The molecule has 7 nitrogen and oxygen atoms in total. The van der Waals surface area contributed by atoms with Crippen LogP contribution < -0.4 is 5.56 Å². The van der Waals surface area contributed by atoms with E-state index in [2.05, 4.69) is 10.1 Å². The van der Waals surface area contributed by atoms with Crippen molar-refractivity contribution in [3.63, 3.8) is 0 Å². The molecule has 1 fully saturated rings. The summed E-state index contributed by atoms with van der Waals surface area (Å²) in [5, 5.41) is 5.36. The average Bonchev–Trinajstić information content (AvgIpc) is 3.51. The Morgan fingerprint density at radius 3 is 2.80 bits per heavy atom. The molecular weight excluding hydrogens is 420 g/mol. The third-order valence-electron chi connectivity index (χ3n) is 5.71. The molecule has 4 aromatic rings. The molecule has 9 heteroatoms. The number of thioether (sulfide) groups is 1. The van der Waals surface area contributed by atoms with Crippen molar-refractivity contribution in [3.05, 3.63) is 45.1 Å². The van der Waals surface area contributed by atoms with Gasteiger partial charge in [0, 0.05) is 10.9 Å². The number of furan rings is 1. The van der Waals surface area contributed by atoms with Crippen molar-refractivity contribution in [2.24, 2.45) is 0 Å². The molecule has 0 N–H and O–H groups in total. The van der Waals surface area contributed by atoms with Gasteiger partial charge in [-0.05, 0) is 51.3 Å². The SMILES string of the molecule is Cc1sc2nc(S[C@@H](C)c3nc(-c4ccco4)no3)n(C3CCCC3)c(=O)c2c1C. The van der Waals surface area contributed by atoms with Crippen molar-refractivity contribution in [2.75, 3.05) is 0 Å². The van der Waals surface area contributed by atoms with Crippen molar-refractivity contribution in [1.29, 1.82) is 0 Å². The van der Waals surface area contributed by atoms with Crippen molar-refractivity contribution in [1.82, 2.24) is 19.7 Å². The molecule has 0 amide bonds. The number of thiophene rings is 1. The summed E-state index contributed by atoms with van der Waals surface area (Å²) in [5.41, 5.74) is 1.12. The molecule has 1 atom stereocenters. The highest BCUT2D eigenvalue weighted by molar-refractivity contribution is 7.99. The molecule has 1 saturated carbocycles. The third kappa shape index (κ3) is 3.30. The number of aromatic nitrogens is 4. The maximum absolute atomic E-state index is 13.5. The Morgan fingerprint density at radius 2 is 2.07 bits per heavy atom. The predicted molar refractivity (Wildman–Crippen MR) is 117 cm³/mol. The van der Waals surface area contributed by atoms with Crippen LogP contribution in [0.4, 0.5) is 0 Å². The van der Waals surface area contributed by atoms with E-state index < -0.39 is 0 Å². The van der Waals surface area contributed by atoms with Gasteiger partial charge in [-0.2, -0.15) is 4.98 Å². The van der Waals surface area contributed by atoms with E-state index in [4.69, 9.17) is 13.9 Å². The first-order chi connectivity index (χ1) is 14.5. The van der Waals surface area contributed by atoms with Gasteiger partial charge in [0.25, 0.3) is 5.56 Å². The van der Waals surface area contributed by atoms with Gasteiger partial charge in [0.05, 0.1) is 16.9 Å². The number of fused-ring (bicyclic) bond motifs is 1. The van der Waals surface area contributed by atoms with Gasteiger partial charge in [-0.15, -0.1) is 11.3 Å². The summed E-state index contributed by atoms with van der Waals surface area (Å²) >= 11 is 3.08. The van der Waals surface area contributed by atoms with Crippen LogP contribution in [0.1, 0.15) is 60.2 Å². The zero-order valence-electron chi connectivity index (χ0n) is 17.0. The summed E-state index contributed by atoms with van der Waals surface area (Å²) in [6, 6.07) is 3.78. The lowest BCUT2D eigenvalue weighted by Crippen LogP contribution is -2.26. The molecule has 4 aromatic heterocycles. The molecule has 0 spiro atoms. The Kier molecular flexibility index (Phi) is 5.02. The Morgan fingerprint density at radius 1 is 1.27 bits per heavy atom. The molecule has 1 aliphatic carbocycles. The Hall–Kier alpha value is -2.39. The highest BCUT2D eigenvalue weighted by Crippen LogP contribution is 2.39. The number of nitrogens with zero attached hydrogens (tertiary/aromatic N) is 4. The van der Waals surface area contributed by atoms with Gasteiger partial charge in [0.1, 0.15) is 4.83 Å². The quantitative estimate of drug-likeness (QED) is 0.290. The second-order valence-electron chi connectivity index (χ2n) is 7.66. The van der Waals surface area contributed by atoms with Crippen molar-refractivity contribution < 1.29 is 8.94 Å². The number of rotatable bonds is 5. The number of hydrogen-bond donors (Lipinski definition) is 0. The largest absolute Gasteiger partial charge is 0.461 e. The number of hydrogen-bond acceptors (Lipinski definition) is 8. The van der Waals surface area contributed by atoms with E-state index in [1.165, 1.54) is 11.8 Å². The summed E-state index contributed by atoms with van der Waals surface area (Å²) in [7, 11) is 0. The first-order valence-electron chi connectivity index (χ1n) is 10.1. The van der Waals surface area contributed by atoms with Crippen LogP contribution in [-0.4, -0.2) is 19.7 Å². The van der Waals surface area contributed by atoms with Gasteiger partial charge in [0.2, 0.25) is 11.7 Å². The first kappa shape index (κ1) is 19.6. The molecule has 1 aliphatic rings. The summed E-state index contributed by atoms with van der Waals surface area (Å²) in [4.78, 5) is 24.8. The van der Waals surface area contributed by atoms with E-state index in [9.17, 15) is 4.79 Å². The van der Waals surface area contributed by atoms with Gasteiger partial charge < -0.3 is 8.94 Å². The average molecular weight is 443 g/mol. The van der Waals surface area contributed by atoms with Crippen LogP contribution in [0.15, 0.2) is 37.3 Å². The number of aryl methyl sites for hydroxylation is 2. The first-order valence-corrected chi connectivity index (χ1v) is 11.8. The van der Waals surface area contributed by atoms with Gasteiger partial charge in [-0.25, -0.2) is 4.98 Å². The fraction of sp³-hybridized carbons (Fsp3) is 0.429. The van der Waals surface area contributed by atoms with Crippen molar-refractivity contribution in [2.45, 2.75) is 62.9 Å². The lowest BCUT2D eigenvalue weighted by atomic mass is 10.2. The summed E-state index contributed by atoms with van der Waals surface area (Å²) in [5.74, 6) is 1.47. The minimum Gasteiger partial charge on any atom is -0.461 e. The minimum absolute atomic E-state index is 0.0743. The molecule has 5 rings (SSSR count). The van der Waals surface area contributed by atoms with Gasteiger partial charge in [-0.1, -0.05) is 29.8 Å². The molecule has 4 heterocycles. The zero-order valence-corrected chi connectivity index (χ0v) is 18.7. The van der Waals surface area contributed by atoms with Gasteiger partial charge in [-0.3, -0.25) is 9.36 Å². The van der Waals surface area contributed by atoms with E-state index >= 15 is 0 Å². The maximum Gasteiger partial charge on any atom is 0.263 e. The predicted octanol–water partition coefficient (Wildman–Crippen LogP) is 5.69. The van der Waals surface area contributed by atoms with Crippen LogP contribution in [0.5, 0.6) is 0 Å². The molecule has 156 valence electrons. The second-order valence-corrected chi connectivity index (χ2v) is 10.2. The van der Waals surface area contributed by atoms with Crippen LogP contribution in [0, 0.1) is 13.8 Å². The Balaban J connectivity index is 1.54. The summed E-state index contributed by atoms with van der Waals surface area (Å²) < 4.78 is 12.7. The van der Waals surface area contributed by atoms with Crippen LogP contribution in [-0.2, 0) is 0 Å². The minimum atomic E-state index is -0.152. The van der Waals surface area contributed by atoms with Gasteiger partial charge in [0.15, 0.2) is 10.9 Å². The standard InChI is InChI=1S/C21H22N4O3S2/c1-11-12(2)29-19-16(11)20(26)25(14-7-4-5-8-14)21(23-19)30-13(3)18-22-17(24-28-18)15-9-6-10-27-15/h6,9-10,13-14H,4-5,7-8H2,1-3H3/t13-/m0/s1. The molecule has 0 unspecified atom stereocenters. The molecule has 30 heavy (non-hydrogen) atoms. The Labute approximate surface area is 181 Å². The van der Waals surface area contributed by atoms with Crippen LogP contribution >= 0.6 is 23.1 Å². The molecule has 0 bridgehead atoms. The van der Waals surface area contributed by atoms with E-state index in [0.29, 0.717) is 17.5 Å². The molecule has 0 aromatic carbocycles. The smallest absolute Gasteiger partial charge is 0.263 e. The fourth-order valence-corrected chi connectivity index (χ4v) is 6.05. The van der Waals surface area contributed by atoms with Crippen molar-refractivity contribution in [3.8, 4) is 11.6 Å². The van der Waals surface area contributed by atoms with E-state index in [1.54, 1.807) is 29.7 Å². The normalized spacial score (nSPS) is 16.0. The van der Waals surface area contributed by atoms with Crippen LogP contribution in [0.25, 0.3) is 21.8 Å². The van der Waals surface area contributed by atoms with E-state index in [0.717, 1.165) is 51.5 Å². The fourth-order valence-electron chi connectivity index (χ4n) is 3.97. The molecule has 0 aliphatic heterocycles. The van der Waals surface area contributed by atoms with Crippen LogP contribution in [0.2, 0.25) is 0 Å². The lowest BCUT2D eigenvalue weighted by molar-refractivity contribution is 0.379. The molecule has 0 saturated heterocycles. The summed E-state index contributed by atoms with van der Waals surface area (Å²) in [6.07, 6.45) is 5.90. The lowest BCUT2D eigenvalue weighted by Gasteiger charge is -2.19. The van der Waals surface area contributed by atoms with Crippen molar-refractivity contribution >= 4 is 33.3 Å². The van der Waals surface area contributed by atoms with E-state index in [-0.39, 0.29) is 16.9 Å². The van der Waals surface area contributed by atoms with Crippen LogP contribution in [0.3, 0.4) is 0 Å². The second kappa shape index (κ2) is 7.70. The highest BCUT2D eigenvalue weighted by atomic mass is 32.2. The summed E-state index contributed by atoms with van der Waals surface area (Å²) in [6.45, 7) is 6.05. The zero-order chi connectivity index (χ0) is 20.8. The topological polar surface area (TPSA) is 86.9 Å². The maximum atomic E-state index is 13.5. The van der Waals surface area contributed by atoms with Gasteiger partial charge >= 0.3 is 0 Å². The molecular formula is C21H22N4O3S2. The van der Waals surface area contributed by atoms with E-state index in [1.807, 2.05) is 25.3 Å². The Bertz CT molecular complexity index is 1250. The molecule has 0 radical (unpaired) electrons. The third-order valence-corrected chi connectivity index (χ3v) is 7.86.